The van der Waals surface area contributed by atoms with E-state index >= 15 is 0 Å². The number of hydrogen-bond acceptors (Lipinski definition) is 7. The second-order valence-corrected chi connectivity index (χ2v) is 9.03. The maximum atomic E-state index is 12.6. The first-order valence-electron chi connectivity index (χ1n) is 10.5. The van der Waals surface area contributed by atoms with E-state index in [9.17, 15) is 19.7 Å². The zero-order valence-electron chi connectivity index (χ0n) is 18.3. The van der Waals surface area contributed by atoms with Gasteiger partial charge in [0, 0.05) is 17.8 Å². The summed E-state index contributed by atoms with van der Waals surface area (Å²) >= 11 is 1.46. The summed E-state index contributed by atoms with van der Waals surface area (Å²) in [6.45, 7) is 7.89. The minimum atomic E-state index is -0.433. The number of aromatic nitrogens is 2. The number of thiophene rings is 1. The second-order valence-electron chi connectivity index (χ2n) is 7.93. The third-order valence-corrected chi connectivity index (χ3v) is 6.71. The number of aryl methyl sites for hydroxylation is 2. The number of carbonyl (C=O) groups is 2. The van der Waals surface area contributed by atoms with Crippen molar-refractivity contribution >= 4 is 33.9 Å². The van der Waals surface area contributed by atoms with Crippen LogP contribution in [0.2, 0.25) is 0 Å². The highest BCUT2D eigenvalue weighted by Gasteiger charge is 2.29. The van der Waals surface area contributed by atoms with Gasteiger partial charge in [-0.2, -0.15) is 5.10 Å². The van der Waals surface area contributed by atoms with Gasteiger partial charge in [-0.3, -0.25) is 19.6 Å². The summed E-state index contributed by atoms with van der Waals surface area (Å²) < 4.78 is 6.80. The molecule has 10 heteroatoms. The Morgan fingerprint density at radius 1 is 1.39 bits per heavy atom. The van der Waals surface area contributed by atoms with Crippen molar-refractivity contribution in [1.82, 2.24) is 9.78 Å². The highest BCUT2D eigenvalue weighted by atomic mass is 32.1. The van der Waals surface area contributed by atoms with E-state index < -0.39 is 4.92 Å². The average Bonchev–Trinajstić information content (AvgIpc) is 3.17. The molecule has 0 aliphatic heterocycles. The first-order chi connectivity index (χ1) is 14.7. The molecule has 1 unspecified atom stereocenters. The van der Waals surface area contributed by atoms with Gasteiger partial charge in [0.2, 0.25) is 5.91 Å². The Labute approximate surface area is 184 Å². The number of nitro groups is 1. The third-order valence-electron chi connectivity index (χ3n) is 5.54. The topological polar surface area (TPSA) is 116 Å². The number of nitrogens with zero attached hydrogens (tertiary/aromatic N) is 3. The molecule has 31 heavy (non-hydrogen) atoms. The molecule has 1 atom stereocenters. The van der Waals surface area contributed by atoms with Gasteiger partial charge < -0.3 is 10.1 Å². The van der Waals surface area contributed by atoms with E-state index in [4.69, 9.17) is 4.74 Å². The molecule has 0 bridgehead atoms. The quantitative estimate of drug-likeness (QED) is 0.368. The minimum absolute atomic E-state index is 0.0157. The van der Waals surface area contributed by atoms with Crippen molar-refractivity contribution in [3.05, 3.63) is 37.5 Å². The molecule has 168 valence electrons. The van der Waals surface area contributed by atoms with Crippen molar-refractivity contribution in [1.29, 1.82) is 0 Å². The maximum Gasteiger partial charge on any atom is 0.341 e. The first kappa shape index (κ1) is 22.9. The Balaban J connectivity index is 1.67. The Kier molecular flexibility index (Phi) is 7.09. The van der Waals surface area contributed by atoms with E-state index in [0.717, 1.165) is 29.7 Å². The number of hydrogen-bond donors (Lipinski definition) is 1. The lowest BCUT2D eigenvalue weighted by Gasteiger charge is -2.18. The summed E-state index contributed by atoms with van der Waals surface area (Å²) in [7, 11) is 0. The van der Waals surface area contributed by atoms with Crippen molar-refractivity contribution in [3.8, 4) is 0 Å². The Bertz CT molecular complexity index is 1010. The molecule has 1 aliphatic carbocycles. The fraction of sp³-hybridized carbons (Fsp3) is 0.571. The van der Waals surface area contributed by atoms with Gasteiger partial charge in [-0.15, -0.1) is 11.3 Å². The van der Waals surface area contributed by atoms with Gasteiger partial charge in [0.05, 0.1) is 17.1 Å². The Morgan fingerprint density at radius 3 is 2.77 bits per heavy atom. The van der Waals surface area contributed by atoms with Gasteiger partial charge in [-0.25, -0.2) is 4.79 Å². The lowest BCUT2D eigenvalue weighted by molar-refractivity contribution is -0.386. The van der Waals surface area contributed by atoms with Gasteiger partial charge in [-0.05, 0) is 57.9 Å². The number of nitrogens with one attached hydrogen (secondary N) is 1. The predicted molar refractivity (Wildman–Crippen MR) is 118 cm³/mol. The third kappa shape index (κ3) is 4.95. The van der Waals surface area contributed by atoms with E-state index in [1.54, 1.807) is 25.5 Å². The van der Waals surface area contributed by atoms with Crippen LogP contribution in [0.15, 0.2) is 0 Å². The van der Waals surface area contributed by atoms with E-state index in [2.05, 4.69) is 17.3 Å². The molecule has 1 N–H and O–H groups in total. The zero-order valence-corrected chi connectivity index (χ0v) is 19.1. The van der Waals surface area contributed by atoms with Gasteiger partial charge in [-0.1, -0.05) is 6.92 Å². The molecule has 1 aliphatic rings. The van der Waals surface area contributed by atoms with Gasteiger partial charge in [0.1, 0.15) is 16.4 Å². The van der Waals surface area contributed by atoms with E-state index in [1.165, 1.54) is 11.3 Å². The maximum absolute atomic E-state index is 12.6. The molecule has 2 heterocycles. The second kappa shape index (κ2) is 9.59. The first-order valence-corrected chi connectivity index (χ1v) is 11.3. The van der Waals surface area contributed by atoms with Crippen molar-refractivity contribution in [3.63, 3.8) is 0 Å². The molecular weight excluding hydrogens is 420 g/mol. The lowest BCUT2D eigenvalue weighted by Crippen LogP contribution is -2.17. The van der Waals surface area contributed by atoms with Crippen LogP contribution >= 0.6 is 11.3 Å². The minimum Gasteiger partial charge on any atom is -0.462 e. The van der Waals surface area contributed by atoms with Crippen molar-refractivity contribution in [2.75, 3.05) is 11.9 Å². The summed E-state index contributed by atoms with van der Waals surface area (Å²) in [6.07, 6.45) is 3.42. The Morgan fingerprint density at radius 2 is 2.13 bits per heavy atom. The van der Waals surface area contributed by atoms with Gasteiger partial charge in [0.25, 0.3) is 0 Å². The molecule has 3 rings (SSSR count). The molecule has 0 saturated carbocycles. The lowest BCUT2D eigenvalue weighted by atomic mass is 9.88. The fourth-order valence-electron chi connectivity index (χ4n) is 4.01. The molecule has 0 saturated heterocycles. The zero-order chi connectivity index (χ0) is 22.7. The summed E-state index contributed by atoms with van der Waals surface area (Å²) in [6, 6.07) is 0. The highest BCUT2D eigenvalue weighted by Crippen LogP contribution is 2.40. The van der Waals surface area contributed by atoms with Crippen LogP contribution < -0.4 is 5.32 Å². The molecule has 1 amide bonds. The normalized spacial score (nSPS) is 15.4. The number of esters is 1. The average molecular weight is 449 g/mol. The van der Waals surface area contributed by atoms with Crippen LogP contribution in [0, 0.1) is 29.9 Å². The number of carbonyl (C=O) groups excluding carboxylic acids is 2. The van der Waals surface area contributed by atoms with E-state index in [0.29, 0.717) is 40.8 Å². The SMILES string of the molecule is CCOC(=O)c1c(NC(=O)CCCn2nc(C)c([N+](=O)[O-])c2C)sc2c1CCC(C)C2. The fourth-order valence-corrected chi connectivity index (χ4v) is 5.42. The van der Waals surface area contributed by atoms with Crippen molar-refractivity contribution in [2.45, 2.75) is 66.3 Å². The van der Waals surface area contributed by atoms with Crippen LogP contribution in [0.5, 0.6) is 0 Å². The van der Waals surface area contributed by atoms with E-state index in [-0.39, 0.29) is 30.6 Å². The molecular formula is C21H28N4O5S. The van der Waals surface area contributed by atoms with Crippen LogP contribution in [-0.4, -0.2) is 33.2 Å². The van der Waals surface area contributed by atoms with Crippen LogP contribution in [0.4, 0.5) is 10.7 Å². The molecule has 2 aromatic heterocycles. The number of ether oxygens (including phenoxy) is 1. The van der Waals surface area contributed by atoms with Crippen LogP contribution in [-0.2, 0) is 28.9 Å². The van der Waals surface area contributed by atoms with Crippen LogP contribution in [0.25, 0.3) is 0 Å². The summed E-state index contributed by atoms with van der Waals surface area (Å²) in [5.41, 5.74) is 2.36. The summed E-state index contributed by atoms with van der Waals surface area (Å²) in [4.78, 5) is 37.0. The number of anilines is 1. The Hall–Kier alpha value is -2.75. The largest absolute Gasteiger partial charge is 0.462 e. The van der Waals surface area contributed by atoms with E-state index in [1.807, 2.05) is 0 Å². The smallest absolute Gasteiger partial charge is 0.341 e. The van der Waals surface area contributed by atoms with Gasteiger partial charge in [0.15, 0.2) is 0 Å². The monoisotopic (exact) mass is 448 g/mol. The number of rotatable bonds is 8. The molecule has 0 fully saturated rings. The summed E-state index contributed by atoms with van der Waals surface area (Å²) in [5, 5.41) is 18.8. The number of amides is 1. The van der Waals surface area contributed by atoms with Crippen LogP contribution in [0.1, 0.15) is 65.3 Å². The molecule has 0 radical (unpaired) electrons. The van der Waals surface area contributed by atoms with Crippen molar-refractivity contribution in [2.24, 2.45) is 5.92 Å². The summed E-state index contributed by atoms with van der Waals surface area (Å²) in [5.74, 6) is -0.0393. The van der Waals surface area contributed by atoms with Gasteiger partial charge >= 0.3 is 11.7 Å². The molecule has 0 aromatic carbocycles. The molecule has 9 nitrogen and oxygen atoms in total. The highest BCUT2D eigenvalue weighted by molar-refractivity contribution is 7.17. The molecule has 0 spiro atoms. The van der Waals surface area contributed by atoms with Crippen molar-refractivity contribution < 1.29 is 19.2 Å². The predicted octanol–water partition coefficient (Wildman–Crippen LogP) is 4.19. The van der Waals surface area contributed by atoms with Crippen LogP contribution in [0.3, 0.4) is 0 Å². The number of fused-ring (bicyclic) bond motifs is 1. The standard InChI is InChI=1S/C21H28N4O5S/c1-5-30-21(27)18-15-9-8-12(2)11-16(15)31-20(18)22-17(26)7-6-10-24-14(4)19(25(28)29)13(3)23-24/h12H,5-11H2,1-4H3,(H,22,26). The molecule has 2 aromatic rings.